The highest BCUT2D eigenvalue weighted by atomic mass is 16.5. The van der Waals surface area contributed by atoms with E-state index in [0.717, 1.165) is 11.5 Å². The monoisotopic (exact) mass is 271 g/mol. The molecule has 0 spiro atoms. The topological polar surface area (TPSA) is 30.5 Å². The molecule has 2 aromatic carbocycles. The van der Waals surface area contributed by atoms with E-state index in [0.29, 0.717) is 6.61 Å². The fourth-order valence-electron chi connectivity index (χ4n) is 2.18. The molecule has 20 heavy (non-hydrogen) atoms. The van der Waals surface area contributed by atoms with E-state index in [2.05, 4.69) is 36.5 Å². The summed E-state index contributed by atoms with van der Waals surface area (Å²) < 4.78 is 11.1. The largest absolute Gasteiger partial charge is 0.497 e. The Kier molecular flexibility index (Phi) is 5.02. The minimum absolute atomic E-state index is 0.169. The molecule has 0 saturated carbocycles. The van der Waals surface area contributed by atoms with Crippen molar-refractivity contribution in [3.63, 3.8) is 0 Å². The second-order valence-electron chi connectivity index (χ2n) is 4.69. The van der Waals surface area contributed by atoms with Crippen LogP contribution in [-0.2, 0) is 0 Å². The molecule has 0 fully saturated rings. The van der Waals surface area contributed by atoms with E-state index < -0.39 is 0 Å². The van der Waals surface area contributed by atoms with E-state index in [1.807, 2.05) is 31.3 Å². The first-order chi connectivity index (χ1) is 9.74. The summed E-state index contributed by atoms with van der Waals surface area (Å²) in [4.78, 5) is 0. The molecule has 0 radical (unpaired) electrons. The van der Waals surface area contributed by atoms with Crippen molar-refractivity contribution in [2.24, 2.45) is 0 Å². The van der Waals surface area contributed by atoms with Gasteiger partial charge in [-0.15, -0.1) is 0 Å². The predicted octanol–water partition coefficient (Wildman–Crippen LogP) is 3.34. The van der Waals surface area contributed by atoms with Gasteiger partial charge in [0.25, 0.3) is 0 Å². The molecule has 0 aliphatic rings. The van der Waals surface area contributed by atoms with Gasteiger partial charge in [0.2, 0.25) is 0 Å². The zero-order chi connectivity index (χ0) is 14.4. The van der Waals surface area contributed by atoms with Crippen LogP contribution < -0.4 is 14.8 Å². The summed E-state index contributed by atoms with van der Waals surface area (Å²) in [5.41, 5.74) is 2.53. The predicted molar refractivity (Wildman–Crippen MR) is 81.5 cm³/mol. The molecule has 0 aliphatic carbocycles. The molecule has 3 heteroatoms. The summed E-state index contributed by atoms with van der Waals surface area (Å²) in [5.74, 6) is 1.62. The normalized spacial score (nSPS) is 11.9. The number of aryl methyl sites for hydroxylation is 1. The van der Waals surface area contributed by atoms with Crippen LogP contribution in [0.5, 0.6) is 11.5 Å². The van der Waals surface area contributed by atoms with Gasteiger partial charge in [0.15, 0.2) is 0 Å². The van der Waals surface area contributed by atoms with Crippen molar-refractivity contribution >= 4 is 0 Å². The van der Waals surface area contributed by atoms with Crippen LogP contribution in [0, 0.1) is 6.92 Å². The van der Waals surface area contributed by atoms with Gasteiger partial charge in [-0.25, -0.2) is 0 Å². The molecule has 106 valence electrons. The van der Waals surface area contributed by atoms with Gasteiger partial charge >= 0.3 is 0 Å². The Morgan fingerprint density at radius 1 is 1.05 bits per heavy atom. The van der Waals surface area contributed by atoms with Crippen LogP contribution in [-0.4, -0.2) is 20.8 Å². The lowest BCUT2D eigenvalue weighted by Gasteiger charge is -2.19. The Bertz CT molecular complexity index is 554. The smallest absolute Gasteiger partial charge is 0.123 e. The lowest BCUT2D eigenvalue weighted by Crippen LogP contribution is -2.24. The average molecular weight is 271 g/mol. The first kappa shape index (κ1) is 14.4. The zero-order valence-electron chi connectivity index (χ0n) is 12.2. The van der Waals surface area contributed by atoms with E-state index in [9.17, 15) is 0 Å². The third-order valence-corrected chi connectivity index (χ3v) is 3.37. The molecular formula is C17H21NO2. The van der Waals surface area contributed by atoms with E-state index in [1.54, 1.807) is 7.11 Å². The molecule has 0 bridgehead atoms. The highest BCUT2D eigenvalue weighted by molar-refractivity contribution is 5.33. The van der Waals surface area contributed by atoms with Gasteiger partial charge in [-0.3, -0.25) is 0 Å². The number of methoxy groups -OCH3 is 1. The first-order valence-corrected chi connectivity index (χ1v) is 6.74. The van der Waals surface area contributed by atoms with Gasteiger partial charge in [0.05, 0.1) is 13.2 Å². The Morgan fingerprint density at radius 2 is 1.80 bits per heavy atom. The van der Waals surface area contributed by atoms with Crippen molar-refractivity contribution in [1.29, 1.82) is 0 Å². The second-order valence-corrected chi connectivity index (χ2v) is 4.69. The fraction of sp³-hybridized carbons (Fsp3) is 0.294. The number of nitrogens with one attached hydrogen (secondary N) is 1. The Balaban J connectivity index is 2.06. The Morgan fingerprint density at radius 3 is 2.50 bits per heavy atom. The molecule has 0 aromatic heterocycles. The zero-order valence-corrected chi connectivity index (χ0v) is 12.2. The number of hydrogen-bond donors (Lipinski definition) is 1. The number of likely N-dealkylation sites (N-methyl/N-ethyl adjacent to an activating group) is 1. The molecule has 1 atom stereocenters. The Hall–Kier alpha value is -2.00. The maximum Gasteiger partial charge on any atom is 0.123 e. The number of rotatable bonds is 6. The molecule has 1 unspecified atom stereocenters. The van der Waals surface area contributed by atoms with Crippen LogP contribution >= 0.6 is 0 Å². The average Bonchev–Trinajstić information content (AvgIpc) is 2.49. The van der Waals surface area contributed by atoms with Gasteiger partial charge in [0.1, 0.15) is 18.1 Å². The summed E-state index contributed by atoms with van der Waals surface area (Å²) in [7, 11) is 3.61. The number of hydrogen-bond acceptors (Lipinski definition) is 3. The molecule has 0 saturated heterocycles. The van der Waals surface area contributed by atoms with E-state index >= 15 is 0 Å². The summed E-state index contributed by atoms with van der Waals surface area (Å²) >= 11 is 0. The molecule has 0 heterocycles. The van der Waals surface area contributed by atoms with Crippen molar-refractivity contribution in [1.82, 2.24) is 5.32 Å². The summed E-state index contributed by atoms with van der Waals surface area (Å²) in [6.07, 6.45) is 0. The quantitative estimate of drug-likeness (QED) is 0.874. The standard InChI is InChI=1S/C17H21NO2/c1-13-7-4-5-10-16(13)17(18-2)12-20-15-9-6-8-14(11-15)19-3/h4-11,17-18H,12H2,1-3H3. The SMILES string of the molecule is CNC(COc1cccc(OC)c1)c1ccccc1C. The maximum absolute atomic E-state index is 5.87. The molecule has 2 rings (SSSR count). The Labute approximate surface area is 120 Å². The highest BCUT2D eigenvalue weighted by Crippen LogP contribution is 2.22. The summed E-state index contributed by atoms with van der Waals surface area (Å²) in [6.45, 7) is 2.69. The van der Waals surface area contributed by atoms with Crippen LogP contribution in [0.25, 0.3) is 0 Å². The molecule has 2 aromatic rings. The van der Waals surface area contributed by atoms with E-state index in [4.69, 9.17) is 9.47 Å². The molecule has 0 amide bonds. The van der Waals surface area contributed by atoms with Crippen LogP contribution in [0.3, 0.4) is 0 Å². The van der Waals surface area contributed by atoms with Gasteiger partial charge in [-0.2, -0.15) is 0 Å². The highest BCUT2D eigenvalue weighted by Gasteiger charge is 2.12. The van der Waals surface area contributed by atoms with Crippen LogP contribution in [0.15, 0.2) is 48.5 Å². The van der Waals surface area contributed by atoms with Crippen molar-refractivity contribution in [2.45, 2.75) is 13.0 Å². The van der Waals surface area contributed by atoms with Gasteiger partial charge in [-0.05, 0) is 37.2 Å². The van der Waals surface area contributed by atoms with Crippen molar-refractivity contribution in [2.75, 3.05) is 20.8 Å². The van der Waals surface area contributed by atoms with Crippen molar-refractivity contribution < 1.29 is 9.47 Å². The number of ether oxygens (including phenoxy) is 2. The van der Waals surface area contributed by atoms with Crippen molar-refractivity contribution in [3.8, 4) is 11.5 Å². The van der Waals surface area contributed by atoms with Crippen molar-refractivity contribution in [3.05, 3.63) is 59.7 Å². The molecule has 0 aliphatic heterocycles. The second kappa shape index (κ2) is 6.96. The lowest BCUT2D eigenvalue weighted by atomic mass is 10.0. The summed E-state index contributed by atoms with van der Waals surface area (Å²) in [5, 5.41) is 3.30. The third-order valence-electron chi connectivity index (χ3n) is 3.37. The first-order valence-electron chi connectivity index (χ1n) is 6.74. The minimum Gasteiger partial charge on any atom is -0.497 e. The minimum atomic E-state index is 0.169. The van der Waals surface area contributed by atoms with Gasteiger partial charge in [-0.1, -0.05) is 30.3 Å². The summed E-state index contributed by atoms with van der Waals surface area (Å²) in [6, 6.07) is 16.2. The van der Waals surface area contributed by atoms with E-state index in [-0.39, 0.29) is 6.04 Å². The van der Waals surface area contributed by atoms with Gasteiger partial charge < -0.3 is 14.8 Å². The molecule has 1 N–H and O–H groups in total. The molecular weight excluding hydrogens is 250 g/mol. The molecule has 3 nitrogen and oxygen atoms in total. The fourth-order valence-corrected chi connectivity index (χ4v) is 2.18. The van der Waals surface area contributed by atoms with Gasteiger partial charge in [0, 0.05) is 6.07 Å². The number of benzene rings is 2. The van der Waals surface area contributed by atoms with Crippen LogP contribution in [0.2, 0.25) is 0 Å². The van der Waals surface area contributed by atoms with Crippen LogP contribution in [0.1, 0.15) is 17.2 Å². The third kappa shape index (κ3) is 3.52. The maximum atomic E-state index is 5.87. The lowest BCUT2D eigenvalue weighted by molar-refractivity contribution is 0.271. The van der Waals surface area contributed by atoms with E-state index in [1.165, 1.54) is 11.1 Å². The van der Waals surface area contributed by atoms with Crippen LogP contribution in [0.4, 0.5) is 0 Å².